The van der Waals surface area contributed by atoms with E-state index in [1.165, 1.54) is 0 Å². The van der Waals surface area contributed by atoms with Gasteiger partial charge in [0.1, 0.15) is 5.56 Å². The van der Waals surface area contributed by atoms with Gasteiger partial charge in [-0.2, -0.15) is 5.10 Å². The summed E-state index contributed by atoms with van der Waals surface area (Å²) in [4.78, 5) is 11.6. The standard InChI is InChI=1S/C16H20N2O2/c1-10(2)14-13(16(19)20)15(11(3)4)18(17-14)12-8-6-5-7-9-12/h5-11H,1-4H3,(H,19,20). The first kappa shape index (κ1) is 14.3. The molecule has 0 aliphatic carbocycles. The van der Waals surface area contributed by atoms with E-state index >= 15 is 0 Å². The fraction of sp³-hybridized carbons (Fsp3) is 0.375. The molecule has 20 heavy (non-hydrogen) atoms. The first-order valence-corrected chi connectivity index (χ1v) is 6.85. The van der Waals surface area contributed by atoms with Crippen LogP contribution in [0.3, 0.4) is 0 Å². The van der Waals surface area contributed by atoms with Gasteiger partial charge in [0.25, 0.3) is 0 Å². The molecule has 0 saturated heterocycles. The Morgan fingerprint density at radius 2 is 1.70 bits per heavy atom. The van der Waals surface area contributed by atoms with Gasteiger partial charge in [0.05, 0.1) is 17.1 Å². The molecule has 2 rings (SSSR count). The minimum absolute atomic E-state index is 0.0727. The van der Waals surface area contributed by atoms with Crippen LogP contribution in [0.4, 0.5) is 0 Å². The second kappa shape index (κ2) is 5.49. The third-order valence-corrected chi connectivity index (χ3v) is 3.26. The average molecular weight is 272 g/mol. The van der Waals surface area contributed by atoms with Gasteiger partial charge in [-0.3, -0.25) is 0 Å². The van der Waals surface area contributed by atoms with E-state index in [1.807, 2.05) is 58.0 Å². The molecule has 0 aliphatic rings. The monoisotopic (exact) mass is 272 g/mol. The molecular weight excluding hydrogens is 252 g/mol. The van der Waals surface area contributed by atoms with Crippen LogP contribution in [0, 0.1) is 0 Å². The van der Waals surface area contributed by atoms with Crippen molar-refractivity contribution < 1.29 is 9.90 Å². The van der Waals surface area contributed by atoms with Crippen LogP contribution in [0.15, 0.2) is 30.3 Å². The van der Waals surface area contributed by atoms with E-state index < -0.39 is 5.97 Å². The molecule has 0 unspecified atom stereocenters. The second-order valence-corrected chi connectivity index (χ2v) is 5.51. The van der Waals surface area contributed by atoms with Crippen LogP contribution in [-0.2, 0) is 0 Å². The van der Waals surface area contributed by atoms with E-state index in [2.05, 4.69) is 5.10 Å². The molecule has 0 atom stereocenters. The number of hydrogen-bond donors (Lipinski definition) is 1. The zero-order valence-electron chi connectivity index (χ0n) is 12.3. The van der Waals surface area contributed by atoms with Crippen molar-refractivity contribution in [1.29, 1.82) is 0 Å². The first-order valence-electron chi connectivity index (χ1n) is 6.85. The summed E-state index contributed by atoms with van der Waals surface area (Å²) in [6, 6.07) is 9.67. The summed E-state index contributed by atoms with van der Waals surface area (Å²) in [7, 11) is 0. The lowest BCUT2D eigenvalue weighted by molar-refractivity contribution is 0.0693. The van der Waals surface area contributed by atoms with Crippen molar-refractivity contribution in [3.63, 3.8) is 0 Å². The van der Waals surface area contributed by atoms with Gasteiger partial charge in [0.15, 0.2) is 0 Å². The Kier molecular flexibility index (Phi) is 3.93. The molecule has 0 saturated carbocycles. The van der Waals surface area contributed by atoms with Gasteiger partial charge in [0.2, 0.25) is 0 Å². The van der Waals surface area contributed by atoms with Crippen LogP contribution < -0.4 is 0 Å². The number of nitrogens with zero attached hydrogens (tertiary/aromatic N) is 2. The number of carboxylic acids is 1. The van der Waals surface area contributed by atoms with Crippen LogP contribution in [0.1, 0.15) is 61.3 Å². The summed E-state index contributed by atoms with van der Waals surface area (Å²) in [5, 5.41) is 14.1. The van der Waals surface area contributed by atoms with Crippen LogP contribution >= 0.6 is 0 Å². The molecule has 2 aromatic rings. The maximum atomic E-state index is 11.6. The van der Waals surface area contributed by atoms with Gasteiger partial charge in [-0.25, -0.2) is 9.48 Å². The number of carbonyl (C=O) groups is 1. The van der Waals surface area contributed by atoms with Gasteiger partial charge in [-0.05, 0) is 24.0 Å². The van der Waals surface area contributed by atoms with Crippen LogP contribution in [0.2, 0.25) is 0 Å². The minimum Gasteiger partial charge on any atom is -0.478 e. The third kappa shape index (κ3) is 2.46. The van der Waals surface area contributed by atoms with Gasteiger partial charge in [0, 0.05) is 0 Å². The first-order chi connectivity index (χ1) is 9.43. The van der Waals surface area contributed by atoms with E-state index in [4.69, 9.17) is 0 Å². The lowest BCUT2D eigenvalue weighted by atomic mass is 9.99. The Morgan fingerprint density at radius 1 is 1.10 bits per heavy atom. The molecule has 4 heteroatoms. The lowest BCUT2D eigenvalue weighted by Crippen LogP contribution is -2.08. The number of rotatable bonds is 4. The van der Waals surface area contributed by atoms with Gasteiger partial charge >= 0.3 is 5.97 Å². The highest BCUT2D eigenvalue weighted by molar-refractivity contribution is 5.91. The quantitative estimate of drug-likeness (QED) is 0.920. The Hall–Kier alpha value is -2.10. The number of para-hydroxylation sites is 1. The van der Waals surface area contributed by atoms with E-state index in [0.29, 0.717) is 11.3 Å². The smallest absolute Gasteiger partial charge is 0.339 e. The zero-order chi connectivity index (χ0) is 14.9. The minimum atomic E-state index is -0.903. The zero-order valence-corrected chi connectivity index (χ0v) is 12.3. The number of aromatic nitrogens is 2. The SMILES string of the molecule is CC(C)c1nn(-c2ccccc2)c(C(C)C)c1C(=O)O. The van der Waals surface area contributed by atoms with Gasteiger partial charge in [-0.15, -0.1) is 0 Å². The van der Waals surface area contributed by atoms with Crippen molar-refractivity contribution in [3.05, 3.63) is 47.3 Å². The fourth-order valence-corrected chi connectivity index (χ4v) is 2.37. The summed E-state index contributed by atoms with van der Waals surface area (Å²) in [5.41, 5.74) is 2.64. The predicted molar refractivity (Wildman–Crippen MR) is 78.7 cm³/mol. The molecule has 1 N–H and O–H groups in total. The lowest BCUT2D eigenvalue weighted by Gasteiger charge is -2.11. The molecule has 0 radical (unpaired) electrons. The molecule has 1 aromatic carbocycles. The molecule has 0 spiro atoms. The van der Waals surface area contributed by atoms with Crippen molar-refractivity contribution in [2.45, 2.75) is 39.5 Å². The Balaban J connectivity index is 2.75. The number of hydrogen-bond acceptors (Lipinski definition) is 2. The van der Waals surface area contributed by atoms with Crippen molar-refractivity contribution in [2.75, 3.05) is 0 Å². The van der Waals surface area contributed by atoms with Gasteiger partial charge < -0.3 is 5.11 Å². The highest BCUT2D eigenvalue weighted by Crippen LogP contribution is 2.29. The number of benzene rings is 1. The average Bonchev–Trinajstić information content (AvgIpc) is 2.80. The molecule has 0 aliphatic heterocycles. The summed E-state index contributed by atoms with van der Waals surface area (Å²) < 4.78 is 1.77. The highest BCUT2D eigenvalue weighted by atomic mass is 16.4. The summed E-state index contributed by atoms with van der Waals surface area (Å²) >= 11 is 0. The largest absolute Gasteiger partial charge is 0.478 e. The van der Waals surface area contributed by atoms with Crippen LogP contribution in [-0.4, -0.2) is 20.9 Å². The van der Waals surface area contributed by atoms with Crippen molar-refractivity contribution in [2.24, 2.45) is 0 Å². The fourth-order valence-electron chi connectivity index (χ4n) is 2.37. The van der Waals surface area contributed by atoms with Crippen LogP contribution in [0.5, 0.6) is 0 Å². The molecule has 0 fully saturated rings. The third-order valence-electron chi connectivity index (χ3n) is 3.26. The molecular formula is C16H20N2O2. The van der Waals surface area contributed by atoms with Crippen molar-refractivity contribution in [1.82, 2.24) is 9.78 Å². The molecule has 0 bridgehead atoms. The molecule has 1 aromatic heterocycles. The highest BCUT2D eigenvalue weighted by Gasteiger charge is 2.27. The molecule has 4 nitrogen and oxygen atoms in total. The Labute approximate surface area is 119 Å². The van der Waals surface area contributed by atoms with E-state index in [9.17, 15) is 9.90 Å². The Bertz CT molecular complexity index is 613. The normalized spacial score (nSPS) is 11.3. The topological polar surface area (TPSA) is 55.1 Å². The second-order valence-electron chi connectivity index (χ2n) is 5.51. The predicted octanol–water partition coefficient (Wildman–Crippen LogP) is 3.82. The molecule has 1 heterocycles. The van der Waals surface area contributed by atoms with Crippen LogP contribution in [0.25, 0.3) is 5.69 Å². The van der Waals surface area contributed by atoms with E-state index in [0.717, 1.165) is 11.4 Å². The summed E-state index contributed by atoms with van der Waals surface area (Å²) in [6.07, 6.45) is 0. The number of aromatic carboxylic acids is 1. The molecule has 106 valence electrons. The maximum absolute atomic E-state index is 11.6. The van der Waals surface area contributed by atoms with Crippen molar-refractivity contribution >= 4 is 5.97 Å². The van der Waals surface area contributed by atoms with E-state index in [-0.39, 0.29) is 11.8 Å². The number of carboxylic acid groups (broad SMARTS) is 1. The van der Waals surface area contributed by atoms with E-state index in [1.54, 1.807) is 4.68 Å². The molecule has 0 amide bonds. The summed E-state index contributed by atoms with van der Waals surface area (Å²) in [6.45, 7) is 7.92. The van der Waals surface area contributed by atoms with Crippen molar-refractivity contribution in [3.8, 4) is 5.69 Å². The maximum Gasteiger partial charge on any atom is 0.339 e. The Morgan fingerprint density at radius 3 is 2.15 bits per heavy atom. The summed E-state index contributed by atoms with van der Waals surface area (Å²) in [5.74, 6) is -0.746. The van der Waals surface area contributed by atoms with Gasteiger partial charge in [-0.1, -0.05) is 45.9 Å².